The summed E-state index contributed by atoms with van der Waals surface area (Å²) < 4.78 is 15.9. The van der Waals surface area contributed by atoms with Crippen LogP contribution in [0.5, 0.6) is 0 Å². The zero-order valence-corrected chi connectivity index (χ0v) is 11.2. The van der Waals surface area contributed by atoms with Gasteiger partial charge in [0.15, 0.2) is 4.77 Å². The van der Waals surface area contributed by atoms with Crippen molar-refractivity contribution in [2.45, 2.75) is 33.7 Å². The van der Waals surface area contributed by atoms with Crippen molar-refractivity contribution in [2.75, 3.05) is 0 Å². The molecule has 0 aliphatic carbocycles. The summed E-state index contributed by atoms with van der Waals surface area (Å²) >= 11 is 5.30. The normalized spacial score (nSPS) is 12.2. The van der Waals surface area contributed by atoms with E-state index in [0.29, 0.717) is 4.77 Å². The summed E-state index contributed by atoms with van der Waals surface area (Å²) in [5.74, 6) is -0.227. The van der Waals surface area contributed by atoms with E-state index in [9.17, 15) is 4.39 Å². The van der Waals surface area contributed by atoms with Crippen molar-refractivity contribution in [1.29, 1.82) is 0 Å². The molecule has 1 heterocycles. The number of hydrogen-bond donors (Lipinski definition) is 1. The zero-order valence-electron chi connectivity index (χ0n) is 10.4. The van der Waals surface area contributed by atoms with E-state index < -0.39 is 0 Å². The van der Waals surface area contributed by atoms with Gasteiger partial charge in [-0.1, -0.05) is 20.8 Å². The first-order valence-corrected chi connectivity index (χ1v) is 6.22. The Morgan fingerprint density at radius 1 is 1.41 bits per heavy atom. The number of benzene rings is 1. The summed E-state index contributed by atoms with van der Waals surface area (Å²) in [5.41, 5.74) is 1.89. The van der Waals surface area contributed by atoms with Gasteiger partial charge in [0.25, 0.3) is 0 Å². The minimum absolute atomic E-state index is 0.152. The molecule has 17 heavy (non-hydrogen) atoms. The van der Waals surface area contributed by atoms with Gasteiger partial charge in [0.05, 0.1) is 11.0 Å². The fraction of sp³-hybridized carbons (Fsp3) is 0.462. The van der Waals surface area contributed by atoms with Crippen LogP contribution in [0.25, 0.3) is 11.0 Å². The van der Waals surface area contributed by atoms with Crippen LogP contribution in [0, 0.1) is 16.0 Å². The van der Waals surface area contributed by atoms with Crippen LogP contribution in [0.3, 0.4) is 0 Å². The summed E-state index contributed by atoms with van der Waals surface area (Å²) in [6.45, 7) is 7.32. The quantitative estimate of drug-likeness (QED) is 0.809. The summed E-state index contributed by atoms with van der Waals surface area (Å²) in [6.07, 6.45) is 1.05. The van der Waals surface area contributed by atoms with Crippen molar-refractivity contribution in [2.24, 2.45) is 5.41 Å². The van der Waals surface area contributed by atoms with Gasteiger partial charge in [-0.2, -0.15) is 0 Å². The second-order valence-electron chi connectivity index (χ2n) is 5.20. The number of hydrogen-bond acceptors (Lipinski definition) is 1. The van der Waals surface area contributed by atoms with Gasteiger partial charge in [-0.05, 0) is 42.3 Å². The molecular formula is C13H17FN2S. The van der Waals surface area contributed by atoms with Crippen LogP contribution < -0.4 is 0 Å². The molecule has 0 amide bonds. The molecule has 0 aliphatic heterocycles. The Kier molecular flexibility index (Phi) is 3.08. The van der Waals surface area contributed by atoms with E-state index in [0.717, 1.165) is 24.0 Å². The molecule has 1 aromatic carbocycles. The van der Waals surface area contributed by atoms with Crippen LogP contribution in [0.4, 0.5) is 4.39 Å². The van der Waals surface area contributed by atoms with Crippen molar-refractivity contribution in [3.05, 3.63) is 28.8 Å². The second kappa shape index (κ2) is 4.26. The van der Waals surface area contributed by atoms with Gasteiger partial charge in [0, 0.05) is 6.54 Å². The molecule has 92 valence electrons. The van der Waals surface area contributed by atoms with Gasteiger partial charge in [-0.15, -0.1) is 0 Å². The summed E-state index contributed by atoms with van der Waals surface area (Å²) in [6, 6.07) is 4.71. The first-order chi connectivity index (χ1) is 7.93. The van der Waals surface area contributed by atoms with Crippen molar-refractivity contribution in [3.8, 4) is 0 Å². The fourth-order valence-corrected chi connectivity index (χ4v) is 2.10. The lowest BCUT2D eigenvalue weighted by molar-refractivity contribution is 0.297. The number of nitrogens with one attached hydrogen (secondary N) is 1. The zero-order chi connectivity index (χ0) is 12.6. The largest absolute Gasteiger partial charge is 0.331 e. The molecule has 0 fully saturated rings. The predicted molar refractivity (Wildman–Crippen MR) is 71.2 cm³/mol. The topological polar surface area (TPSA) is 20.7 Å². The number of aromatic amines is 1. The highest BCUT2D eigenvalue weighted by atomic mass is 32.1. The molecule has 0 radical (unpaired) electrons. The van der Waals surface area contributed by atoms with Gasteiger partial charge >= 0.3 is 0 Å². The molecule has 0 unspecified atom stereocenters. The number of halogens is 1. The third kappa shape index (κ3) is 2.41. The van der Waals surface area contributed by atoms with E-state index >= 15 is 0 Å². The maximum atomic E-state index is 13.3. The van der Waals surface area contributed by atoms with Gasteiger partial charge in [-0.25, -0.2) is 4.39 Å². The molecule has 0 aliphatic rings. The maximum Gasteiger partial charge on any atom is 0.178 e. The lowest BCUT2D eigenvalue weighted by Gasteiger charge is -2.23. The van der Waals surface area contributed by atoms with E-state index in [-0.39, 0.29) is 11.2 Å². The molecule has 0 spiro atoms. The SMILES string of the molecule is CCC(C)(C)Cn1c(=S)[nH]c2ccc(F)cc21. The van der Waals surface area contributed by atoms with Crippen LogP contribution >= 0.6 is 12.2 Å². The maximum absolute atomic E-state index is 13.3. The second-order valence-corrected chi connectivity index (χ2v) is 5.58. The third-order valence-corrected chi connectivity index (χ3v) is 3.60. The van der Waals surface area contributed by atoms with E-state index in [1.807, 2.05) is 4.57 Å². The first kappa shape index (κ1) is 12.3. The Morgan fingerprint density at radius 3 is 2.76 bits per heavy atom. The molecule has 0 bridgehead atoms. The number of rotatable bonds is 3. The van der Waals surface area contributed by atoms with Gasteiger partial charge in [0.2, 0.25) is 0 Å². The predicted octanol–water partition coefficient (Wildman–Crippen LogP) is 4.27. The van der Waals surface area contributed by atoms with E-state index in [4.69, 9.17) is 12.2 Å². The monoisotopic (exact) mass is 252 g/mol. The molecule has 0 saturated heterocycles. The average Bonchev–Trinajstić information content (AvgIpc) is 2.56. The van der Waals surface area contributed by atoms with Crippen molar-refractivity contribution in [3.63, 3.8) is 0 Å². The van der Waals surface area contributed by atoms with Crippen molar-refractivity contribution >= 4 is 23.3 Å². The molecule has 2 aromatic rings. The van der Waals surface area contributed by atoms with Crippen molar-refractivity contribution < 1.29 is 4.39 Å². The van der Waals surface area contributed by atoms with E-state index in [2.05, 4.69) is 25.8 Å². The smallest absolute Gasteiger partial charge is 0.178 e. The first-order valence-electron chi connectivity index (χ1n) is 5.81. The molecule has 0 atom stereocenters. The summed E-state index contributed by atoms with van der Waals surface area (Å²) in [7, 11) is 0. The lowest BCUT2D eigenvalue weighted by Crippen LogP contribution is -2.18. The number of aromatic nitrogens is 2. The van der Waals surface area contributed by atoms with Gasteiger partial charge in [-0.3, -0.25) is 0 Å². The van der Waals surface area contributed by atoms with E-state index in [1.54, 1.807) is 6.07 Å². The number of imidazole rings is 1. The molecular weight excluding hydrogens is 235 g/mol. The van der Waals surface area contributed by atoms with Crippen LogP contribution in [0.2, 0.25) is 0 Å². The highest BCUT2D eigenvalue weighted by molar-refractivity contribution is 7.71. The average molecular weight is 252 g/mol. The third-order valence-electron chi connectivity index (χ3n) is 3.28. The Hall–Kier alpha value is -1.16. The molecule has 0 saturated carbocycles. The Bertz CT molecular complexity index is 595. The van der Waals surface area contributed by atoms with Gasteiger partial charge in [0.1, 0.15) is 5.82 Å². The molecule has 1 aromatic heterocycles. The Morgan fingerprint density at radius 2 is 2.12 bits per heavy atom. The van der Waals surface area contributed by atoms with Gasteiger partial charge < -0.3 is 9.55 Å². The molecule has 4 heteroatoms. The Balaban J connectivity index is 2.56. The highest BCUT2D eigenvalue weighted by Gasteiger charge is 2.18. The number of H-pyrrole nitrogens is 1. The molecule has 2 rings (SSSR count). The standard InChI is InChI=1S/C13H17FN2S/c1-4-13(2,3)8-16-11-7-9(14)5-6-10(11)15-12(16)17/h5-7H,4,8H2,1-3H3,(H,15,17). The summed E-state index contributed by atoms with van der Waals surface area (Å²) in [5, 5.41) is 0. The van der Waals surface area contributed by atoms with Crippen LogP contribution in [0.15, 0.2) is 18.2 Å². The number of fused-ring (bicyclic) bond motifs is 1. The molecule has 1 N–H and O–H groups in total. The van der Waals surface area contributed by atoms with Crippen LogP contribution in [-0.4, -0.2) is 9.55 Å². The van der Waals surface area contributed by atoms with Crippen LogP contribution in [0.1, 0.15) is 27.2 Å². The molecule has 2 nitrogen and oxygen atoms in total. The lowest BCUT2D eigenvalue weighted by atomic mass is 9.90. The fourth-order valence-electron chi connectivity index (χ4n) is 1.82. The highest BCUT2D eigenvalue weighted by Crippen LogP contribution is 2.25. The van der Waals surface area contributed by atoms with Crippen LogP contribution in [-0.2, 0) is 6.54 Å². The summed E-state index contributed by atoms with van der Waals surface area (Å²) in [4.78, 5) is 3.11. The van der Waals surface area contributed by atoms with Crippen molar-refractivity contribution in [1.82, 2.24) is 9.55 Å². The Labute approximate surface area is 105 Å². The van der Waals surface area contributed by atoms with E-state index in [1.165, 1.54) is 12.1 Å². The minimum Gasteiger partial charge on any atom is -0.331 e. The number of nitrogens with zero attached hydrogens (tertiary/aromatic N) is 1. The minimum atomic E-state index is -0.227.